The highest BCUT2D eigenvalue weighted by Gasteiger charge is 2.24. The van der Waals surface area contributed by atoms with Crippen LogP contribution in [-0.4, -0.2) is 153 Å². The third-order valence-electron chi connectivity index (χ3n) is 10.6. The number of phenols is 4. The van der Waals surface area contributed by atoms with E-state index in [2.05, 4.69) is 0 Å². The lowest BCUT2D eigenvalue weighted by atomic mass is 9.90. The number of hydrogen-bond acceptors (Lipinski definition) is 16. The van der Waals surface area contributed by atoms with E-state index < -0.39 is 0 Å². The van der Waals surface area contributed by atoms with Crippen LogP contribution in [0.15, 0.2) is 48.5 Å². The summed E-state index contributed by atoms with van der Waals surface area (Å²) in [4.78, 5) is 0. The first kappa shape index (κ1) is 46.9. The number of benzene rings is 4. The predicted molar refractivity (Wildman–Crippen MR) is 232 cm³/mol. The quantitative estimate of drug-likeness (QED) is 0.165. The Morgan fingerprint density at radius 3 is 0.719 bits per heavy atom. The molecule has 16 heteroatoms. The topological polar surface area (TPSA) is 192 Å². The minimum atomic E-state index is -0.0264. The third-order valence-corrected chi connectivity index (χ3v) is 10.6. The van der Waals surface area contributed by atoms with E-state index in [-0.39, 0.29) is 102 Å². The Hall–Kier alpha value is -5.04. The molecular formula is C48H60O16. The van der Waals surface area contributed by atoms with E-state index in [1.807, 2.05) is 0 Å². The van der Waals surface area contributed by atoms with Crippen molar-refractivity contribution < 1.29 is 77.3 Å². The molecule has 4 aromatic carbocycles. The molecule has 0 spiro atoms. The Bertz CT molecular complexity index is 1850. The predicted octanol–water partition coefficient (Wildman–Crippen LogP) is 4.86. The molecule has 16 nitrogen and oxygen atoms in total. The molecule has 12 bridgehead atoms. The first-order valence-corrected chi connectivity index (χ1v) is 21.9. The van der Waals surface area contributed by atoms with E-state index in [0.29, 0.717) is 147 Å². The molecule has 0 saturated carbocycles. The standard InChI is InChI=1S/C48H60O16/c49-41-25-37-21-33-29-43-30-34(45(33)51)22-38-26-42(50)28-40-24-36-32-44(62-18-14-58-10-6-54-2-1-53-5-9-57-13-17-61-43)31-35(46(36)52)23-39(27-41)47(37)63-19-15-59-11-7-55-3-4-56-8-12-60-16-20-64-48(38)40/h25-32,49-52H,1-24H2. The van der Waals surface area contributed by atoms with Crippen molar-refractivity contribution in [3.05, 3.63) is 93.0 Å². The minimum absolute atomic E-state index is 0.00158. The molecule has 0 amide bonds. The molecule has 1 aliphatic carbocycles. The molecule has 2 heterocycles. The number of rotatable bonds is 0. The highest BCUT2D eigenvalue weighted by atomic mass is 16.6. The van der Waals surface area contributed by atoms with Crippen molar-refractivity contribution >= 4 is 0 Å². The van der Waals surface area contributed by atoms with Gasteiger partial charge in [0.05, 0.1) is 106 Å². The Morgan fingerprint density at radius 2 is 0.469 bits per heavy atom. The van der Waals surface area contributed by atoms with Gasteiger partial charge >= 0.3 is 0 Å². The highest BCUT2D eigenvalue weighted by Crippen LogP contribution is 2.42. The van der Waals surface area contributed by atoms with E-state index >= 15 is 0 Å². The molecule has 7 rings (SSSR count). The lowest BCUT2D eigenvalue weighted by Gasteiger charge is -2.22. The molecule has 348 valence electrons. The summed E-state index contributed by atoms with van der Waals surface area (Å²) in [5.74, 6) is 1.82. The van der Waals surface area contributed by atoms with Gasteiger partial charge in [-0.25, -0.2) is 0 Å². The van der Waals surface area contributed by atoms with Gasteiger partial charge in [0, 0.05) is 70.2 Å². The summed E-state index contributed by atoms with van der Waals surface area (Å²) < 4.78 is 71.4. The molecule has 0 saturated heterocycles. The molecule has 0 atom stereocenters. The van der Waals surface area contributed by atoms with Crippen LogP contribution >= 0.6 is 0 Å². The van der Waals surface area contributed by atoms with Crippen LogP contribution in [0.1, 0.15) is 44.5 Å². The number of fused-ring (bicyclic) bond motifs is 3. The van der Waals surface area contributed by atoms with Gasteiger partial charge in [0.2, 0.25) is 0 Å². The van der Waals surface area contributed by atoms with Crippen LogP contribution in [0.4, 0.5) is 0 Å². The van der Waals surface area contributed by atoms with Gasteiger partial charge in [-0.3, -0.25) is 0 Å². The van der Waals surface area contributed by atoms with Gasteiger partial charge in [-0.15, -0.1) is 0 Å². The number of hydrogen-bond donors (Lipinski definition) is 4. The van der Waals surface area contributed by atoms with Gasteiger partial charge in [-0.05, 0) is 48.5 Å². The van der Waals surface area contributed by atoms with Crippen molar-refractivity contribution in [1.82, 2.24) is 0 Å². The first-order chi connectivity index (χ1) is 31.4. The normalized spacial score (nSPS) is 18.6. The zero-order valence-electron chi connectivity index (χ0n) is 36.3. The lowest BCUT2D eigenvalue weighted by Crippen LogP contribution is -2.15. The van der Waals surface area contributed by atoms with Gasteiger partial charge in [0.25, 0.3) is 0 Å². The van der Waals surface area contributed by atoms with E-state index in [1.54, 1.807) is 48.5 Å². The van der Waals surface area contributed by atoms with Crippen LogP contribution < -0.4 is 18.9 Å². The van der Waals surface area contributed by atoms with Gasteiger partial charge in [0.15, 0.2) is 0 Å². The summed E-state index contributed by atoms with van der Waals surface area (Å²) in [5.41, 5.74) is 4.29. The fraction of sp³-hybridized carbons (Fsp3) is 0.500. The molecule has 0 unspecified atom stereocenters. The van der Waals surface area contributed by atoms with Crippen LogP contribution in [0.2, 0.25) is 0 Å². The van der Waals surface area contributed by atoms with Crippen molar-refractivity contribution in [2.24, 2.45) is 0 Å². The van der Waals surface area contributed by atoms with E-state index in [0.717, 1.165) is 0 Å². The molecular weight excluding hydrogens is 833 g/mol. The van der Waals surface area contributed by atoms with Crippen molar-refractivity contribution in [1.29, 1.82) is 0 Å². The highest BCUT2D eigenvalue weighted by molar-refractivity contribution is 5.59. The maximum atomic E-state index is 12.1. The second-order valence-corrected chi connectivity index (χ2v) is 15.4. The monoisotopic (exact) mass is 892 g/mol. The summed E-state index contributed by atoms with van der Waals surface area (Å²) >= 11 is 0. The van der Waals surface area contributed by atoms with Gasteiger partial charge < -0.3 is 77.3 Å². The summed E-state index contributed by atoms with van der Waals surface area (Å²) in [7, 11) is 0. The SMILES string of the molecule is Oc1cc2c3c(c1)Cc1cc4cc(c1O)Cc1cc(O)cc(c1OCCOCCOCCOCCOCCO3)Cc1cc(cc(c1O)C2)OCCOCCOCCOCCOCCO4. The van der Waals surface area contributed by atoms with Crippen LogP contribution in [0.5, 0.6) is 46.0 Å². The Kier molecular flexibility index (Phi) is 18.2. The second-order valence-electron chi connectivity index (χ2n) is 15.4. The molecule has 4 N–H and O–H groups in total. The summed E-state index contributed by atoms with van der Waals surface area (Å²) in [5, 5.41) is 46.8. The van der Waals surface area contributed by atoms with E-state index in [9.17, 15) is 20.4 Å². The maximum absolute atomic E-state index is 12.1. The molecule has 0 radical (unpaired) electrons. The second kappa shape index (κ2) is 24.9. The fourth-order valence-electron chi connectivity index (χ4n) is 7.72. The zero-order valence-corrected chi connectivity index (χ0v) is 36.3. The third kappa shape index (κ3) is 14.0. The van der Waals surface area contributed by atoms with Crippen LogP contribution in [0, 0.1) is 0 Å². The molecule has 0 fully saturated rings. The zero-order chi connectivity index (χ0) is 44.4. The molecule has 4 aromatic rings. The first-order valence-electron chi connectivity index (χ1n) is 21.9. The maximum Gasteiger partial charge on any atom is 0.126 e. The average Bonchev–Trinajstić information content (AvgIpc) is 3.26. The number of phenolic OH excluding ortho intramolecular Hbond substituents is 4. The summed E-state index contributed by atoms with van der Waals surface area (Å²) in [6.07, 6.45) is 0.474. The van der Waals surface area contributed by atoms with E-state index in [1.165, 1.54) is 0 Å². The van der Waals surface area contributed by atoms with Crippen molar-refractivity contribution in [3.63, 3.8) is 0 Å². The Labute approximate surface area is 373 Å². The number of ether oxygens (including phenoxy) is 12. The molecule has 64 heavy (non-hydrogen) atoms. The number of aromatic hydroxyl groups is 4. The molecule has 0 aromatic heterocycles. The van der Waals surface area contributed by atoms with Crippen LogP contribution in [0.3, 0.4) is 0 Å². The van der Waals surface area contributed by atoms with Gasteiger partial charge in [-0.2, -0.15) is 0 Å². The summed E-state index contributed by atoms with van der Waals surface area (Å²) in [6.45, 7) is 6.36. The minimum Gasteiger partial charge on any atom is -0.508 e. The van der Waals surface area contributed by atoms with Crippen LogP contribution in [0.25, 0.3) is 0 Å². The largest absolute Gasteiger partial charge is 0.508 e. The van der Waals surface area contributed by atoms with Crippen molar-refractivity contribution in [2.75, 3.05) is 132 Å². The average molecular weight is 893 g/mol. The Balaban J connectivity index is 1.36. The van der Waals surface area contributed by atoms with E-state index in [4.69, 9.17) is 56.8 Å². The fourth-order valence-corrected chi connectivity index (χ4v) is 7.72. The van der Waals surface area contributed by atoms with Gasteiger partial charge in [0.1, 0.15) is 72.4 Å². The van der Waals surface area contributed by atoms with Crippen molar-refractivity contribution in [3.8, 4) is 46.0 Å². The van der Waals surface area contributed by atoms with Crippen LogP contribution in [-0.2, 0) is 63.6 Å². The molecule has 3 aliphatic rings. The smallest absolute Gasteiger partial charge is 0.126 e. The Morgan fingerprint density at radius 1 is 0.250 bits per heavy atom. The molecule has 2 aliphatic heterocycles. The van der Waals surface area contributed by atoms with Gasteiger partial charge in [-0.1, -0.05) is 0 Å². The lowest BCUT2D eigenvalue weighted by molar-refractivity contribution is -0.00706. The summed E-state index contributed by atoms with van der Waals surface area (Å²) in [6, 6.07) is 13.5. The van der Waals surface area contributed by atoms with Crippen molar-refractivity contribution in [2.45, 2.75) is 25.7 Å².